The second-order valence-corrected chi connectivity index (χ2v) is 4.22. The fourth-order valence-corrected chi connectivity index (χ4v) is 2.11. The zero-order valence-electron chi connectivity index (χ0n) is 10.1. The molecule has 0 aliphatic rings. The third-order valence-corrected chi connectivity index (χ3v) is 3.05. The first kappa shape index (κ1) is 13.3. The predicted octanol–water partition coefficient (Wildman–Crippen LogP) is 2.22. The summed E-state index contributed by atoms with van der Waals surface area (Å²) < 4.78 is 5.31. The van der Waals surface area contributed by atoms with Crippen LogP contribution in [0.4, 0.5) is 0 Å². The van der Waals surface area contributed by atoms with Gasteiger partial charge in [0.15, 0.2) is 0 Å². The summed E-state index contributed by atoms with van der Waals surface area (Å²) in [6, 6.07) is 1.96. The zero-order chi connectivity index (χ0) is 12.3. The summed E-state index contributed by atoms with van der Waals surface area (Å²) in [5.74, 6) is 0.665. The number of benzene rings is 1. The number of likely N-dealkylation sites (N-methyl/N-ethyl adjacent to an activating group) is 1. The number of methoxy groups -OCH3 is 1. The van der Waals surface area contributed by atoms with Crippen LogP contribution in [-0.4, -0.2) is 25.8 Å². The fraction of sp³-hybridized carbons (Fsp3) is 0.500. The molecule has 1 unspecified atom stereocenters. The van der Waals surface area contributed by atoms with Crippen molar-refractivity contribution in [2.75, 3.05) is 20.7 Å². The summed E-state index contributed by atoms with van der Waals surface area (Å²) in [6.07, 6.45) is -0.661. The third kappa shape index (κ3) is 2.48. The van der Waals surface area contributed by atoms with Crippen LogP contribution in [0.1, 0.15) is 22.8 Å². The molecule has 0 bridgehead atoms. The van der Waals surface area contributed by atoms with E-state index in [9.17, 15) is 5.11 Å². The van der Waals surface area contributed by atoms with Gasteiger partial charge in [-0.25, -0.2) is 0 Å². The van der Waals surface area contributed by atoms with Gasteiger partial charge in [-0.1, -0.05) is 17.7 Å². The van der Waals surface area contributed by atoms with E-state index >= 15 is 0 Å². The molecule has 1 aromatic carbocycles. The summed E-state index contributed by atoms with van der Waals surface area (Å²) in [7, 11) is 3.37. The maximum atomic E-state index is 10.0. The van der Waals surface area contributed by atoms with Crippen LogP contribution in [0.3, 0.4) is 0 Å². The average Bonchev–Trinajstić information content (AvgIpc) is 2.23. The molecule has 16 heavy (non-hydrogen) atoms. The van der Waals surface area contributed by atoms with Crippen molar-refractivity contribution >= 4 is 11.6 Å². The highest BCUT2D eigenvalue weighted by Gasteiger charge is 2.20. The molecule has 3 nitrogen and oxygen atoms in total. The van der Waals surface area contributed by atoms with Crippen molar-refractivity contribution < 1.29 is 9.84 Å². The summed E-state index contributed by atoms with van der Waals surface area (Å²) >= 11 is 6.21. The van der Waals surface area contributed by atoms with E-state index in [1.807, 2.05) is 19.9 Å². The second-order valence-electron chi connectivity index (χ2n) is 3.84. The predicted molar refractivity (Wildman–Crippen MR) is 66.4 cm³/mol. The highest BCUT2D eigenvalue weighted by atomic mass is 35.5. The summed E-state index contributed by atoms with van der Waals surface area (Å²) in [6.45, 7) is 4.31. The molecule has 0 amide bonds. The normalized spacial score (nSPS) is 12.6. The van der Waals surface area contributed by atoms with E-state index < -0.39 is 6.10 Å². The zero-order valence-corrected chi connectivity index (χ0v) is 10.9. The Balaban J connectivity index is 3.32. The van der Waals surface area contributed by atoms with Gasteiger partial charge in [-0.3, -0.25) is 0 Å². The van der Waals surface area contributed by atoms with E-state index in [-0.39, 0.29) is 0 Å². The standard InChI is InChI=1S/C12H18ClNO2/c1-7-5-8(2)12(16-4)10(11(7)13)9(15)6-14-3/h5,9,14-15H,6H2,1-4H3. The maximum Gasteiger partial charge on any atom is 0.129 e. The Hall–Kier alpha value is -0.770. The first-order valence-corrected chi connectivity index (χ1v) is 5.57. The number of rotatable bonds is 4. The molecule has 0 aromatic heterocycles. The molecule has 4 heteroatoms. The van der Waals surface area contributed by atoms with Crippen molar-refractivity contribution in [3.05, 3.63) is 27.8 Å². The largest absolute Gasteiger partial charge is 0.496 e. The van der Waals surface area contributed by atoms with Gasteiger partial charge in [0.1, 0.15) is 5.75 Å². The van der Waals surface area contributed by atoms with Gasteiger partial charge >= 0.3 is 0 Å². The lowest BCUT2D eigenvalue weighted by atomic mass is 10.0. The molecular formula is C12H18ClNO2. The minimum absolute atomic E-state index is 0.443. The molecule has 0 saturated heterocycles. The highest BCUT2D eigenvalue weighted by molar-refractivity contribution is 6.32. The molecule has 0 spiro atoms. The molecule has 0 fully saturated rings. The van der Waals surface area contributed by atoms with Crippen LogP contribution in [0.25, 0.3) is 0 Å². The van der Waals surface area contributed by atoms with Crippen molar-refractivity contribution in [2.24, 2.45) is 0 Å². The number of nitrogens with one attached hydrogen (secondary N) is 1. The molecule has 0 aliphatic heterocycles. The number of aliphatic hydroxyl groups is 1. The third-order valence-electron chi connectivity index (χ3n) is 2.55. The van der Waals surface area contributed by atoms with E-state index in [1.54, 1.807) is 14.2 Å². The fourth-order valence-electron chi connectivity index (χ4n) is 1.84. The lowest BCUT2D eigenvalue weighted by molar-refractivity contribution is 0.173. The molecule has 0 aliphatic carbocycles. The van der Waals surface area contributed by atoms with Crippen LogP contribution in [0.2, 0.25) is 5.02 Å². The minimum Gasteiger partial charge on any atom is -0.496 e. The second kappa shape index (κ2) is 5.53. The number of hydrogen-bond donors (Lipinski definition) is 2. The van der Waals surface area contributed by atoms with Crippen LogP contribution in [0, 0.1) is 13.8 Å². The Bertz CT molecular complexity index is 380. The van der Waals surface area contributed by atoms with E-state index in [0.717, 1.165) is 11.1 Å². The van der Waals surface area contributed by atoms with Gasteiger partial charge in [0.25, 0.3) is 0 Å². The van der Waals surface area contributed by atoms with E-state index in [2.05, 4.69) is 5.32 Å². The molecule has 1 atom stereocenters. The van der Waals surface area contributed by atoms with Crippen LogP contribution in [0.15, 0.2) is 6.07 Å². The molecular weight excluding hydrogens is 226 g/mol. The topological polar surface area (TPSA) is 41.5 Å². The van der Waals surface area contributed by atoms with Crippen molar-refractivity contribution in [3.63, 3.8) is 0 Å². The van der Waals surface area contributed by atoms with Crippen molar-refractivity contribution in [1.82, 2.24) is 5.32 Å². The molecule has 90 valence electrons. The van der Waals surface area contributed by atoms with E-state index in [4.69, 9.17) is 16.3 Å². The van der Waals surface area contributed by atoms with Crippen LogP contribution >= 0.6 is 11.6 Å². The van der Waals surface area contributed by atoms with Crippen molar-refractivity contribution in [1.29, 1.82) is 0 Å². The Morgan fingerprint density at radius 2 is 2.06 bits per heavy atom. The van der Waals surface area contributed by atoms with Crippen LogP contribution in [-0.2, 0) is 0 Å². The van der Waals surface area contributed by atoms with Gasteiger partial charge in [-0.15, -0.1) is 0 Å². The number of aliphatic hydroxyl groups excluding tert-OH is 1. The quantitative estimate of drug-likeness (QED) is 0.852. The van der Waals surface area contributed by atoms with Gasteiger partial charge < -0.3 is 15.2 Å². The molecule has 0 saturated carbocycles. The van der Waals surface area contributed by atoms with Crippen LogP contribution in [0.5, 0.6) is 5.75 Å². The maximum absolute atomic E-state index is 10.0. The lowest BCUT2D eigenvalue weighted by Crippen LogP contribution is -2.18. The Labute approximate surface area is 101 Å². The van der Waals surface area contributed by atoms with Gasteiger partial charge in [0.2, 0.25) is 0 Å². The van der Waals surface area contributed by atoms with Gasteiger partial charge in [-0.05, 0) is 32.0 Å². The highest BCUT2D eigenvalue weighted by Crippen LogP contribution is 2.37. The smallest absolute Gasteiger partial charge is 0.129 e. The van der Waals surface area contributed by atoms with Gasteiger partial charge in [0.05, 0.1) is 18.2 Å². The Kier molecular flexibility index (Phi) is 4.59. The van der Waals surface area contributed by atoms with Gasteiger partial charge in [0, 0.05) is 12.1 Å². The Morgan fingerprint density at radius 1 is 1.44 bits per heavy atom. The summed E-state index contributed by atoms with van der Waals surface area (Å²) in [5.41, 5.74) is 2.59. The molecule has 1 aromatic rings. The molecule has 0 radical (unpaired) electrons. The number of ether oxygens (including phenoxy) is 1. The molecule has 2 N–H and O–H groups in total. The SMILES string of the molecule is CNCC(O)c1c(Cl)c(C)cc(C)c1OC. The Morgan fingerprint density at radius 3 is 2.56 bits per heavy atom. The van der Waals surface area contributed by atoms with Gasteiger partial charge in [-0.2, -0.15) is 0 Å². The molecule has 1 rings (SSSR count). The summed E-state index contributed by atoms with van der Waals surface area (Å²) in [4.78, 5) is 0. The van der Waals surface area contributed by atoms with Crippen molar-refractivity contribution in [3.8, 4) is 5.75 Å². The monoisotopic (exact) mass is 243 g/mol. The first-order valence-electron chi connectivity index (χ1n) is 5.19. The van der Waals surface area contributed by atoms with E-state index in [0.29, 0.717) is 22.9 Å². The number of halogens is 1. The van der Waals surface area contributed by atoms with E-state index in [1.165, 1.54) is 0 Å². The van der Waals surface area contributed by atoms with Crippen molar-refractivity contribution in [2.45, 2.75) is 20.0 Å². The number of aryl methyl sites for hydroxylation is 2. The summed E-state index contributed by atoms with van der Waals surface area (Å²) in [5, 5.41) is 13.5. The minimum atomic E-state index is -0.661. The first-order chi connectivity index (χ1) is 7.52. The lowest BCUT2D eigenvalue weighted by Gasteiger charge is -2.19. The van der Waals surface area contributed by atoms with Crippen LogP contribution < -0.4 is 10.1 Å². The number of hydrogen-bond acceptors (Lipinski definition) is 3. The molecule has 0 heterocycles. The average molecular weight is 244 g/mol.